The Balaban J connectivity index is 1.43. The molecule has 2 aromatic heterocycles. The van der Waals surface area contributed by atoms with Gasteiger partial charge in [-0.3, -0.25) is 9.48 Å². The van der Waals surface area contributed by atoms with E-state index in [1.165, 1.54) is 16.8 Å². The van der Waals surface area contributed by atoms with Crippen LogP contribution in [0.25, 0.3) is 0 Å². The SMILES string of the molecule is Cc1nn(C[C@H](C)C(=O)N2CCC[C@@H](c3ncc4c(n3)CCNC4)C2)c(C)c1C. The van der Waals surface area contributed by atoms with E-state index in [1.807, 2.05) is 29.6 Å². The van der Waals surface area contributed by atoms with Gasteiger partial charge in [0.15, 0.2) is 0 Å². The summed E-state index contributed by atoms with van der Waals surface area (Å²) in [6.45, 7) is 12.2. The normalized spacial score (nSPS) is 20.4. The summed E-state index contributed by atoms with van der Waals surface area (Å²) in [6.07, 6.45) is 4.98. The third kappa shape index (κ3) is 4.06. The monoisotopic (exact) mass is 396 g/mol. The van der Waals surface area contributed by atoms with E-state index in [4.69, 9.17) is 4.98 Å². The van der Waals surface area contributed by atoms with Crippen molar-refractivity contribution in [3.05, 3.63) is 40.2 Å². The molecular weight excluding hydrogens is 364 g/mol. The average Bonchev–Trinajstić information content (AvgIpc) is 2.99. The highest BCUT2D eigenvalue weighted by atomic mass is 16.2. The molecule has 0 saturated carbocycles. The maximum absolute atomic E-state index is 13.2. The number of nitrogens with one attached hydrogen (secondary N) is 1. The molecule has 29 heavy (non-hydrogen) atoms. The van der Waals surface area contributed by atoms with Crippen LogP contribution in [0.5, 0.6) is 0 Å². The molecule has 156 valence electrons. The molecule has 4 heterocycles. The van der Waals surface area contributed by atoms with Gasteiger partial charge >= 0.3 is 0 Å². The van der Waals surface area contributed by atoms with Crippen molar-refractivity contribution >= 4 is 5.91 Å². The predicted molar refractivity (Wildman–Crippen MR) is 112 cm³/mol. The summed E-state index contributed by atoms with van der Waals surface area (Å²) in [5.41, 5.74) is 5.78. The Bertz CT molecular complexity index is 905. The van der Waals surface area contributed by atoms with Gasteiger partial charge in [0.25, 0.3) is 0 Å². The predicted octanol–water partition coefficient (Wildman–Crippen LogP) is 2.29. The number of piperidine rings is 1. The molecule has 2 atom stereocenters. The Kier molecular flexibility index (Phi) is 5.67. The minimum atomic E-state index is -0.0957. The summed E-state index contributed by atoms with van der Waals surface area (Å²) >= 11 is 0. The molecule has 7 nitrogen and oxygen atoms in total. The maximum Gasteiger partial charge on any atom is 0.227 e. The molecule has 7 heteroatoms. The average molecular weight is 397 g/mol. The van der Waals surface area contributed by atoms with Crippen molar-refractivity contribution in [2.24, 2.45) is 5.92 Å². The molecule has 1 fully saturated rings. The lowest BCUT2D eigenvalue weighted by Crippen LogP contribution is -2.43. The fraction of sp³-hybridized carbons (Fsp3) is 0.636. The quantitative estimate of drug-likeness (QED) is 0.858. The number of aryl methyl sites for hydroxylation is 1. The fourth-order valence-corrected chi connectivity index (χ4v) is 4.45. The summed E-state index contributed by atoms with van der Waals surface area (Å²) in [5, 5.41) is 7.96. The van der Waals surface area contributed by atoms with Gasteiger partial charge in [-0.15, -0.1) is 0 Å². The van der Waals surface area contributed by atoms with Gasteiger partial charge in [-0.1, -0.05) is 6.92 Å². The summed E-state index contributed by atoms with van der Waals surface area (Å²) < 4.78 is 1.98. The van der Waals surface area contributed by atoms with E-state index in [1.54, 1.807) is 0 Å². The Morgan fingerprint density at radius 2 is 2.17 bits per heavy atom. The van der Waals surface area contributed by atoms with Crippen LogP contribution in [0.2, 0.25) is 0 Å². The lowest BCUT2D eigenvalue weighted by atomic mass is 9.95. The second-order valence-corrected chi connectivity index (χ2v) is 8.63. The van der Waals surface area contributed by atoms with E-state index < -0.39 is 0 Å². The summed E-state index contributed by atoms with van der Waals surface area (Å²) in [7, 11) is 0. The van der Waals surface area contributed by atoms with Crippen molar-refractivity contribution in [3.8, 4) is 0 Å². The lowest BCUT2D eigenvalue weighted by molar-refractivity contribution is -0.136. The molecule has 0 spiro atoms. The number of hydrogen-bond acceptors (Lipinski definition) is 5. The molecule has 0 aliphatic carbocycles. The van der Waals surface area contributed by atoms with Crippen LogP contribution in [-0.4, -0.2) is 50.2 Å². The van der Waals surface area contributed by atoms with Crippen molar-refractivity contribution in [2.75, 3.05) is 19.6 Å². The molecule has 0 bridgehead atoms. The Labute approximate surface area is 172 Å². The number of likely N-dealkylation sites (tertiary alicyclic amines) is 1. The molecule has 2 aromatic rings. The molecular formula is C22H32N6O. The minimum Gasteiger partial charge on any atom is -0.342 e. The highest BCUT2D eigenvalue weighted by molar-refractivity contribution is 5.78. The smallest absolute Gasteiger partial charge is 0.227 e. The van der Waals surface area contributed by atoms with Crippen molar-refractivity contribution in [3.63, 3.8) is 0 Å². The van der Waals surface area contributed by atoms with E-state index >= 15 is 0 Å². The third-order valence-corrected chi connectivity index (χ3v) is 6.54. The first-order chi connectivity index (χ1) is 13.9. The van der Waals surface area contributed by atoms with E-state index in [9.17, 15) is 4.79 Å². The molecule has 1 saturated heterocycles. The van der Waals surface area contributed by atoms with Crippen molar-refractivity contribution < 1.29 is 4.79 Å². The lowest BCUT2D eigenvalue weighted by Gasteiger charge is -2.34. The van der Waals surface area contributed by atoms with E-state index in [-0.39, 0.29) is 17.7 Å². The van der Waals surface area contributed by atoms with Crippen molar-refractivity contribution in [1.29, 1.82) is 0 Å². The van der Waals surface area contributed by atoms with Crippen LogP contribution < -0.4 is 5.32 Å². The maximum atomic E-state index is 13.2. The Hall–Kier alpha value is -2.28. The largest absolute Gasteiger partial charge is 0.342 e. The number of carbonyl (C=O) groups is 1. The first-order valence-electron chi connectivity index (χ1n) is 10.8. The highest BCUT2D eigenvalue weighted by Crippen LogP contribution is 2.27. The number of fused-ring (bicyclic) bond motifs is 1. The number of nitrogens with zero attached hydrogens (tertiary/aromatic N) is 5. The molecule has 2 aliphatic rings. The van der Waals surface area contributed by atoms with Gasteiger partial charge in [-0.2, -0.15) is 5.10 Å². The van der Waals surface area contributed by atoms with Gasteiger partial charge in [0, 0.05) is 61.7 Å². The number of aromatic nitrogens is 4. The van der Waals surface area contributed by atoms with Gasteiger partial charge in [-0.25, -0.2) is 9.97 Å². The zero-order valence-electron chi connectivity index (χ0n) is 18.0. The summed E-state index contributed by atoms with van der Waals surface area (Å²) in [5.74, 6) is 1.25. The van der Waals surface area contributed by atoms with Gasteiger partial charge < -0.3 is 10.2 Å². The van der Waals surface area contributed by atoms with Crippen LogP contribution in [0.4, 0.5) is 0 Å². The van der Waals surface area contributed by atoms with Crippen LogP contribution in [0, 0.1) is 26.7 Å². The zero-order valence-corrected chi connectivity index (χ0v) is 18.0. The number of carbonyl (C=O) groups excluding carboxylic acids is 1. The van der Waals surface area contributed by atoms with E-state index in [2.05, 4.69) is 29.2 Å². The highest BCUT2D eigenvalue weighted by Gasteiger charge is 2.30. The molecule has 0 aromatic carbocycles. The molecule has 1 amide bonds. The summed E-state index contributed by atoms with van der Waals surface area (Å²) in [6, 6.07) is 0. The third-order valence-electron chi connectivity index (χ3n) is 6.54. The van der Waals surface area contributed by atoms with Crippen LogP contribution in [0.15, 0.2) is 6.20 Å². The second kappa shape index (κ2) is 8.22. The number of rotatable bonds is 4. The molecule has 1 N–H and O–H groups in total. The first kappa shape index (κ1) is 20.0. The molecule has 0 radical (unpaired) electrons. The topological polar surface area (TPSA) is 75.9 Å². The van der Waals surface area contributed by atoms with Gasteiger partial charge in [0.05, 0.1) is 18.2 Å². The van der Waals surface area contributed by atoms with Crippen molar-refractivity contribution in [2.45, 2.75) is 66.0 Å². The van der Waals surface area contributed by atoms with E-state index in [0.717, 1.165) is 62.7 Å². The molecule has 2 aliphatic heterocycles. The number of amides is 1. The summed E-state index contributed by atoms with van der Waals surface area (Å²) in [4.78, 5) is 24.7. The minimum absolute atomic E-state index is 0.0957. The molecule has 0 unspecified atom stereocenters. The first-order valence-corrected chi connectivity index (χ1v) is 10.8. The van der Waals surface area contributed by atoms with E-state index in [0.29, 0.717) is 6.54 Å². The van der Waals surface area contributed by atoms with Crippen LogP contribution >= 0.6 is 0 Å². The zero-order chi connectivity index (χ0) is 20.5. The fourth-order valence-electron chi connectivity index (χ4n) is 4.45. The Morgan fingerprint density at radius 1 is 1.34 bits per heavy atom. The van der Waals surface area contributed by atoms with Crippen LogP contribution in [0.3, 0.4) is 0 Å². The second-order valence-electron chi connectivity index (χ2n) is 8.63. The Morgan fingerprint density at radius 3 is 2.93 bits per heavy atom. The van der Waals surface area contributed by atoms with Crippen LogP contribution in [-0.2, 0) is 24.3 Å². The van der Waals surface area contributed by atoms with Crippen LogP contribution in [0.1, 0.15) is 59.7 Å². The van der Waals surface area contributed by atoms with Gasteiger partial charge in [0.2, 0.25) is 5.91 Å². The van der Waals surface area contributed by atoms with Gasteiger partial charge in [-0.05, 0) is 39.2 Å². The standard InChI is InChI=1S/C22H32N6O/c1-14(12-28-17(4)15(2)16(3)26-28)22(29)27-9-5-6-18(13-27)21-24-11-19-10-23-8-7-20(19)25-21/h11,14,18,23H,5-10,12-13H2,1-4H3/t14-,18+/m0/s1. The number of hydrogen-bond donors (Lipinski definition) is 1. The molecule has 4 rings (SSSR count). The van der Waals surface area contributed by atoms with Gasteiger partial charge in [0.1, 0.15) is 5.82 Å². The van der Waals surface area contributed by atoms with Crippen molar-refractivity contribution in [1.82, 2.24) is 30.0 Å².